The third-order valence-electron chi connectivity index (χ3n) is 5.25. The first kappa shape index (κ1) is 14.9. The Balaban J connectivity index is 1.81. The van der Waals surface area contributed by atoms with Crippen LogP contribution >= 0.6 is 0 Å². The van der Waals surface area contributed by atoms with Gasteiger partial charge in [0.05, 0.1) is 0 Å². The van der Waals surface area contributed by atoms with Gasteiger partial charge in [-0.2, -0.15) is 0 Å². The summed E-state index contributed by atoms with van der Waals surface area (Å²) in [5.74, 6) is 0.353. The molecule has 1 aromatic carbocycles. The second-order valence-electron chi connectivity index (χ2n) is 7.54. The van der Waals surface area contributed by atoms with E-state index in [1.165, 1.54) is 37.7 Å². The van der Waals surface area contributed by atoms with E-state index in [4.69, 9.17) is 0 Å². The van der Waals surface area contributed by atoms with Crippen molar-refractivity contribution in [1.29, 1.82) is 0 Å². The van der Waals surface area contributed by atoms with Gasteiger partial charge >= 0.3 is 0 Å². The minimum atomic E-state index is 0.180. The Bertz CT molecular complexity index is 474. The highest BCUT2D eigenvalue weighted by atomic mass is 16.3. The number of piperazine rings is 1. The van der Waals surface area contributed by atoms with Crippen molar-refractivity contribution in [1.82, 2.24) is 10.2 Å². The maximum Gasteiger partial charge on any atom is 0.115 e. The second kappa shape index (κ2) is 5.62. The molecule has 0 radical (unpaired) electrons. The van der Waals surface area contributed by atoms with Crippen LogP contribution in [0.2, 0.25) is 0 Å². The molecule has 2 aliphatic rings. The first-order valence-corrected chi connectivity index (χ1v) is 8.27. The fraction of sp³-hybridized carbons (Fsp3) is 0.667. The fourth-order valence-electron chi connectivity index (χ4n) is 3.96. The maximum atomic E-state index is 9.46. The largest absolute Gasteiger partial charge is 0.508 e. The fourth-order valence-corrected chi connectivity index (χ4v) is 3.96. The van der Waals surface area contributed by atoms with Crippen molar-refractivity contribution in [2.75, 3.05) is 13.1 Å². The van der Waals surface area contributed by atoms with Crippen LogP contribution in [0.3, 0.4) is 0 Å². The first-order chi connectivity index (χ1) is 9.99. The van der Waals surface area contributed by atoms with E-state index >= 15 is 0 Å². The summed E-state index contributed by atoms with van der Waals surface area (Å²) in [6, 6.07) is 7.72. The monoisotopic (exact) mass is 288 g/mol. The lowest BCUT2D eigenvalue weighted by Crippen LogP contribution is -2.68. The van der Waals surface area contributed by atoms with Gasteiger partial charge in [-0.25, -0.2) is 0 Å². The average Bonchev–Trinajstić information content (AvgIpc) is 2.47. The summed E-state index contributed by atoms with van der Waals surface area (Å²) < 4.78 is 0. The molecular formula is C18H28N2O. The average molecular weight is 288 g/mol. The van der Waals surface area contributed by atoms with E-state index in [1.807, 2.05) is 0 Å². The van der Waals surface area contributed by atoms with Crippen LogP contribution in [-0.2, 0) is 6.54 Å². The van der Waals surface area contributed by atoms with E-state index in [1.54, 1.807) is 12.1 Å². The van der Waals surface area contributed by atoms with Crippen molar-refractivity contribution in [3.05, 3.63) is 29.8 Å². The third-order valence-corrected chi connectivity index (χ3v) is 5.25. The number of nitrogens with zero attached hydrogens (tertiary/aromatic N) is 1. The summed E-state index contributed by atoms with van der Waals surface area (Å²) in [6.07, 6.45) is 6.73. The van der Waals surface area contributed by atoms with Crippen molar-refractivity contribution in [2.24, 2.45) is 0 Å². The highest BCUT2D eigenvalue weighted by Gasteiger charge is 2.44. The lowest BCUT2D eigenvalue weighted by Gasteiger charge is -2.54. The van der Waals surface area contributed by atoms with Gasteiger partial charge in [0.2, 0.25) is 0 Å². The minimum Gasteiger partial charge on any atom is -0.508 e. The van der Waals surface area contributed by atoms with Gasteiger partial charge in [0.1, 0.15) is 5.75 Å². The normalized spacial score (nSPS) is 25.0. The molecule has 2 fully saturated rings. The van der Waals surface area contributed by atoms with E-state index in [-0.39, 0.29) is 5.54 Å². The van der Waals surface area contributed by atoms with Crippen LogP contribution in [0.5, 0.6) is 5.75 Å². The lowest BCUT2D eigenvalue weighted by molar-refractivity contribution is -0.0161. The molecule has 1 saturated heterocycles. The maximum absolute atomic E-state index is 9.46. The van der Waals surface area contributed by atoms with Gasteiger partial charge in [-0.05, 0) is 44.4 Å². The van der Waals surface area contributed by atoms with Crippen LogP contribution in [0.25, 0.3) is 0 Å². The second-order valence-corrected chi connectivity index (χ2v) is 7.54. The Morgan fingerprint density at radius 1 is 1.10 bits per heavy atom. The third kappa shape index (κ3) is 3.24. The number of aromatic hydroxyl groups is 1. The molecule has 0 atom stereocenters. The number of rotatable bonds is 2. The number of nitrogens with one attached hydrogen (secondary N) is 1. The molecule has 0 unspecified atom stereocenters. The lowest BCUT2D eigenvalue weighted by atomic mass is 9.76. The van der Waals surface area contributed by atoms with Crippen molar-refractivity contribution in [3.8, 4) is 5.75 Å². The van der Waals surface area contributed by atoms with Crippen LogP contribution in [0, 0.1) is 0 Å². The molecule has 3 heteroatoms. The summed E-state index contributed by atoms with van der Waals surface area (Å²) in [4.78, 5) is 2.70. The van der Waals surface area contributed by atoms with Gasteiger partial charge in [-0.3, -0.25) is 4.90 Å². The molecule has 3 nitrogen and oxygen atoms in total. The number of phenolic OH excluding ortho intramolecular Hbond substituents is 1. The highest BCUT2D eigenvalue weighted by Crippen LogP contribution is 2.38. The molecule has 1 aliphatic heterocycles. The standard InChI is InChI=1S/C18H28N2O/c1-17(2)14-20(12-15-6-8-16(21)9-7-15)18(13-19-17)10-4-3-5-11-18/h6-9,19,21H,3-5,10-14H2,1-2H3. The molecule has 21 heavy (non-hydrogen) atoms. The molecule has 0 amide bonds. The molecule has 0 bridgehead atoms. The molecule has 3 rings (SSSR count). The molecule has 1 aliphatic carbocycles. The topological polar surface area (TPSA) is 35.5 Å². The van der Waals surface area contributed by atoms with E-state index in [0.29, 0.717) is 11.3 Å². The Hall–Kier alpha value is -1.06. The molecule has 1 heterocycles. The zero-order valence-electron chi connectivity index (χ0n) is 13.4. The van der Waals surface area contributed by atoms with E-state index in [9.17, 15) is 5.11 Å². The Labute approximate surface area is 128 Å². The Kier molecular flexibility index (Phi) is 3.98. The minimum absolute atomic E-state index is 0.180. The Morgan fingerprint density at radius 3 is 2.43 bits per heavy atom. The predicted molar refractivity (Wildman–Crippen MR) is 86.4 cm³/mol. The van der Waals surface area contributed by atoms with Gasteiger partial charge in [0.15, 0.2) is 0 Å². The van der Waals surface area contributed by atoms with Crippen molar-refractivity contribution in [3.63, 3.8) is 0 Å². The highest BCUT2D eigenvalue weighted by molar-refractivity contribution is 5.26. The van der Waals surface area contributed by atoms with Crippen LogP contribution in [0.1, 0.15) is 51.5 Å². The SMILES string of the molecule is CC1(C)CN(Cc2ccc(O)cc2)C2(CCCCC2)CN1. The molecule has 0 aromatic heterocycles. The summed E-state index contributed by atoms with van der Waals surface area (Å²) in [7, 11) is 0. The van der Waals surface area contributed by atoms with Gasteiger partial charge in [0.25, 0.3) is 0 Å². The van der Waals surface area contributed by atoms with Crippen LogP contribution in [-0.4, -0.2) is 34.2 Å². The number of phenols is 1. The van der Waals surface area contributed by atoms with E-state index in [0.717, 1.165) is 19.6 Å². The Morgan fingerprint density at radius 2 is 1.76 bits per heavy atom. The van der Waals surface area contributed by atoms with Gasteiger partial charge in [0, 0.05) is 30.7 Å². The zero-order valence-corrected chi connectivity index (χ0v) is 13.4. The van der Waals surface area contributed by atoms with Gasteiger partial charge in [-0.15, -0.1) is 0 Å². The summed E-state index contributed by atoms with van der Waals surface area (Å²) in [5, 5.41) is 13.2. The van der Waals surface area contributed by atoms with E-state index < -0.39 is 0 Å². The summed E-state index contributed by atoms with van der Waals surface area (Å²) >= 11 is 0. The number of hydrogen-bond acceptors (Lipinski definition) is 3. The van der Waals surface area contributed by atoms with Crippen LogP contribution in [0.4, 0.5) is 0 Å². The van der Waals surface area contributed by atoms with Gasteiger partial charge < -0.3 is 10.4 Å². The van der Waals surface area contributed by atoms with E-state index in [2.05, 4.69) is 36.2 Å². The zero-order chi connectivity index (χ0) is 14.9. The summed E-state index contributed by atoms with van der Waals surface area (Å²) in [6.45, 7) is 7.79. The first-order valence-electron chi connectivity index (χ1n) is 8.27. The smallest absolute Gasteiger partial charge is 0.115 e. The number of hydrogen-bond donors (Lipinski definition) is 2. The molecule has 1 spiro atoms. The predicted octanol–water partition coefficient (Wildman–Crippen LogP) is 3.28. The quantitative estimate of drug-likeness (QED) is 0.876. The van der Waals surface area contributed by atoms with Crippen molar-refractivity contribution >= 4 is 0 Å². The molecule has 1 saturated carbocycles. The van der Waals surface area contributed by atoms with Crippen molar-refractivity contribution in [2.45, 2.75) is 63.6 Å². The molecular weight excluding hydrogens is 260 g/mol. The molecule has 116 valence electrons. The van der Waals surface area contributed by atoms with Crippen molar-refractivity contribution < 1.29 is 5.11 Å². The summed E-state index contributed by atoms with van der Waals surface area (Å²) in [5.41, 5.74) is 1.82. The molecule has 1 aromatic rings. The number of benzene rings is 1. The van der Waals surface area contributed by atoms with Crippen LogP contribution in [0.15, 0.2) is 24.3 Å². The van der Waals surface area contributed by atoms with Crippen LogP contribution < -0.4 is 5.32 Å². The molecule has 2 N–H and O–H groups in total. The van der Waals surface area contributed by atoms with Gasteiger partial charge in [-0.1, -0.05) is 31.4 Å².